The van der Waals surface area contributed by atoms with Crippen LogP contribution < -0.4 is 5.73 Å². The highest BCUT2D eigenvalue weighted by Gasteiger charge is 2.32. The molecule has 2 fully saturated rings. The molecule has 2 aliphatic rings. The second-order valence-electron chi connectivity index (χ2n) is 6.21. The third-order valence-corrected chi connectivity index (χ3v) is 5.77. The standard InChI is InChI=1S/C16H23N3O2S/c17-16(21)12-5-8-18(9-6-12)11-15(20)19-7-1-3-13(19)14-4-2-10-22-14/h2,4,10,12-13H,1,3,5-9,11H2,(H2,17,21)/t13-/m0/s1. The fraction of sp³-hybridized carbons (Fsp3) is 0.625. The molecule has 2 aliphatic heterocycles. The van der Waals surface area contributed by atoms with Gasteiger partial charge in [-0.25, -0.2) is 0 Å². The van der Waals surface area contributed by atoms with Crippen molar-refractivity contribution in [2.24, 2.45) is 11.7 Å². The highest BCUT2D eigenvalue weighted by atomic mass is 32.1. The van der Waals surface area contributed by atoms with E-state index in [9.17, 15) is 9.59 Å². The average Bonchev–Trinajstić information content (AvgIpc) is 3.18. The van der Waals surface area contributed by atoms with Crippen molar-refractivity contribution in [2.45, 2.75) is 31.7 Å². The fourth-order valence-corrected chi connectivity index (χ4v) is 4.37. The van der Waals surface area contributed by atoms with Crippen LogP contribution in [-0.2, 0) is 9.59 Å². The van der Waals surface area contributed by atoms with E-state index in [4.69, 9.17) is 5.73 Å². The molecule has 6 heteroatoms. The highest BCUT2D eigenvalue weighted by Crippen LogP contribution is 2.34. The van der Waals surface area contributed by atoms with Gasteiger partial charge in [-0.1, -0.05) is 6.07 Å². The lowest BCUT2D eigenvalue weighted by atomic mass is 9.96. The summed E-state index contributed by atoms with van der Waals surface area (Å²) in [5.41, 5.74) is 5.35. The zero-order valence-corrected chi connectivity index (χ0v) is 13.6. The number of nitrogens with zero attached hydrogens (tertiary/aromatic N) is 2. The van der Waals surface area contributed by atoms with Crippen LogP contribution in [0.3, 0.4) is 0 Å². The largest absolute Gasteiger partial charge is 0.369 e. The Morgan fingerprint density at radius 2 is 2.00 bits per heavy atom. The van der Waals surface area contributed by atoms with Gasteiger partial charge < -0.3 is 10.6 Å². The van der Waals surface area contributed by atoms with E-state index in [0.717, 1.165) is 45.3 Å². The minimum Gasteiger partial charge on any atom is -0.369 e. The maximum Gasteiger partial charge on any atom is 0.237 e. The lowest BCUT2D eigenvalue weighted by Gasteiger charge is -2.32. The molecule has 1 aromatic rings. The lowest BCUT2D eigenvalue weighted by Crippen LogP contribution is -2.44. The Kier molecular flexibility index (Phi) is 4.78. The topological polar surface area (TPSA) is 66.6 Å². The van der Waals surface area contributed by atoms with E-state index in [0.29, 0.717) is 6.54 Å². The summed E-state index contributed by atoms with van der Waals surface area (Å²) in [6, 6.07) is 4.44. The Labute approximate surface area is 135 Å². The van der Waals surface area contributed by atoms with E-state index in [-0.39, 0.29) is 23.8 Å². The smallest absolute Gasteiger partial charge is 0.237 e. The molecule has 2 saturated heterocycles. The second kappa shape index (κ2) is 6.79. The van der Waals surface area contributed by atoms with Gasteiger partial charge in [-0.3, -0.25) is 14.5 Å². The second-order valence-corrected chi connectivity index (χ2v) is 7.19. The molecule has 0 aromatic carbocycles. The third-order valence-electron chi connectivity index (χ3n) is 4.79. The number of piperidine rings is 1. The highest BCUT2D eigenvalue weighted by molar-refractivity contribution is 7.10. The molecule has 0 spiro atoms. The summed E-state index contributed by atoms with van der Waals surface area (Å²) < 4.78 is 0. The third kappa shape index (κ3) is 3.33. The molecular formula is C16H23N3O2S. The van der Waals surface area contributed by atoms with Crippen molar-refractivity contribution in [3.8, 4) is 0 Å². The molecule has 120 valence electrons. The number of hydrogen-bond acceptors (Lipinski definition) is 4. The van der Waals surface area contributed by atoms with Crippen LogP contribution in [-0.4, -0.2) is 47.8 Å². The lowest BCUT2D eigenvalue weighted by molar-refractivity contribution is -0.133. The zero-order valence-electron chi connectivity index (χ0n) is 12.7. The summed E-state index contributed by atoms with van der Waals surface area (Å²) in [5, 5.41) is 2.07. The van der Waals surface area contributed by atoms with Gasteiger partial charge in [-0.2, -0.15) is 0 Å². The van der Waals surface area contributed by atoms with Crippen molar-refractivity contribution in [3.05, 3.63) is 22.4 Å². The molecule has 2 N–H and O–H groups in total. The van der Waals surface area contributed by atoms with Crippen LogP contribution in [0.5, 0.6) is 0 Å². The number of rotatable bonds is 4. The van der Waals surface area contributed by atoms with E-state index in [1.165, 1.54) is 4.88 Å². The van der Waals surface area contributed by atoms with E-state index in [1.54, 1.807) is 11.3 Å². The number of amides is 2. The molecule has 1 atom stereocenters. The Balaban J connectivity index is 1.55. The van der Waals surface area contributed by atoms with E-state index in [2.05, 4.69) is 22.4 Å². The molecule has 0 radical (unpaired) electrons. The number of likely N-dealkylation sites (tertiary alicyclic amines) is 2. The number of carbonyl (C=O) groups is 2. The van der Waals surface area contributed by atoms with E-state index < -0.39 is 0 Å². The monoisotopic (exact) mass is 321 g/mol. The minimum absolute atomic E-state index is 0.0167. The summed E-state index contributed by atoms with van der Waals surface area (Å²) in [6.45, 7) is 2.90. The van der Waals surface area contributed by atoms with E-state index in [1.807, 2.05) is 4.90 Å². The van der Waals surface area contributed by atoms with Gasteiger partial charge in [0, 0.05) is 17.3 Å². The van der Waals surface area contributed by atoms with Gasteiger partial charge in [0.1, 0.15) is 0 Å². The Morgan fingerprint density at radius 1 is 1.23 bits per heavy atom. The molecule has 5 nitrogen and oxygen atoms in total. The summed E-state index contributed by atoms with van der Waals surface area (Å²) in [7, 11) is 0. The Morgan fingerprint density at radius 3 is 2.64 bits per heavy atom. The molecular weight excluding hydrogens is 298 g/mol. The number of hydrogen-bond donors (Lipinski definition) is 1. The molecule has 0 unspecified atom stereocenters. The van der Waals surface area contributed by atoms with Gasteiger partial charge in [0.05, 0.1) is 12.6 Å². The zero-order chi connectivity index (χ0) is 15.5. The van der Waals surface area contributed by atoms with Crippen molar-refractivity contribution >= 4 is 23.2 Å². The quantitative estimate of drug-likeness (QED) is 0.916. The van der Waals surface area contributed by atoms with Crippen LogP contribution >= 0.6 is 11.3 Å². The molecule has 2 amide bonds. The van der Waals surface area contributed by atoms with Crippen LogP contribution in [0, 0.1) is 5.92 Å². The Bertz CT molecular complexity index is 524. The summed E-state index contributed by atoms with van der Waals surface area (Å²) in [4.78, 5) is 29.3. The molecule has 0 aliphatic carbocycles. The van der Waals surface area contributed by atoms with Crippen molar-refractivity contribution in [3.63, 3.8) is 0 Å². The minimum atomic E-state index is -0.205. The Hall–Kier alpha value is -1.40. The summed E-state index contributed by atoms with van der Waals surface area (Å²) >= 11 is 1.73. The fourth-order valence-electron chi connectivity index (χ4n) is 3.50. The first-order valence-electron chi connectivity index (χ1n) is 7.99. The van der Waals surface area contributed by atoms with Crippen molar-refractivity contribution in [2.75, 3.05) is 26.2 Å². The summed E-state index contributed by atoms with van der Waals surface area (Å²) in [6.07, 6.45) is 3.70. The predicted molar refractivity (Wildman–Crippen MR) is 86.4 cm³/mol. The van der Waals surface area contributed by atoms with Gasteiger partial charge >= 0.3 is 0 Å². The number of nitrogens with two attached hydrogens (primary N) is 1. The average molecular weight is 321 g/mol. The van der Waals surface area contributed by atoms with Gasteiger partial charge in [0.2, 0.25) is 11.8 Å². The van der Waals surface area contributed by atoms with Crippen LogP contribution in [0.25, 0.3) is 0 Å². The SMILES string of the molecule is NC(=O)C1CCN(CC(=O)N2CCC[C@H]2c2cccs2)CC1. The van der Waals surface area contributed by atoms with Crippen molar-refractivity contribution in [1.29, 1.82) is 0 Å². The predicted octanol–water partition coefficient (Wildman–Crippen LogP) is 1.61. The maximum absolute atomic E-state index is 12.6. The van der Waals surface area contributed by atoms with Gasteiger partial charge in [-0.05, 0) is 50.2 Å². The van der Waals surface area contributed by atoms with Crippen LogP contribution in [0.1, 0.15) is 36.6 Å². The van der Waals surface area contributed by atoms with Crippen LogP contribution in [0.2, 0.25) is 0 Å². The van der Waals surface area contributed by atoms with Gasteiger partial charge in [0.15, 0.2) is 0 Å². The van der Waals surface area contributed by atoms with Gasteiger partial charge in [-0.15, -0.1) is 11.3 Å². The normalized spacial score (nSPS) is 23.8. The molecule has 1 aromatic heterocycles. The van der Waals surface area contributed by atoms with Gasteiger partial charge in [0.25, 0.3) is 0 Å². The number of thiophene rings is 1. The summed E-state index contributed by atoms with van der Waals surface area (Å²) in [5.74, 6) is -0.00582. The van der Waals surface area contributed by atoms with Crippen LogP contribution in [0.4, 0.5) is 0 Å². The molecule has 3 rings (SSSR count). The molecule has 3 heterocycles. The van der Waals surface area contributed by atoms with Crippen molar-refractivity contribution in [1.82, 2.24) is 9.80 Å². The van der Waals surface area contributed by atoms with E-state index >= 15 is 0 Å². The molecule has 0 bridgehead atoms. The first-order chi connectivity index (χ1) is 10.6. The molecule has 22 heavy (non-hydrogen) atoms. The maximum atomic E-state index is 12.6. The first-order valence-corrected chi connectivity index (χ1v) is 8.87. The van der Waals surface area contributed by atoms with Crippen LogP contribution in [0.15, 0.2) is 17.5 Å². The number of primary amides is 1. The van der Waals surface area contributed by atoms with Crippen molar-refractivity contribution < 1.29 is 9.59 Å². The first kappa shape index (κ1) is 15.5. The number of carbonyl (C=O) groups excluding carboxylic acids is 2. The molecule has 0 saturated carbocycles.